The topological polar surface area (TPSA) is 97.4 Å². The molecule has 1 aromatic carbocycles. The highest BCUT2D eigenvalue weighted by molar-refractivity contribution is 7.92. The number of hydrogen-bond donors (Lipinski definition) is 2. The zero-order valence-corrected chi connectivity index (χ0v) is 14.3. The third kappa shape index (κ3) is 5.54. The summed E-state index contributed by atoms with van der Waals surface area (Å²) >= 11 is 0. The lowest BCUT2D eigenvalue weighted by Crippen LogP contribution is -2.23. The van der Waals surface area contributed by atoms with Gasteiger partial charge in [0.15, 0.2) is 0 Å². The number of sulfonamides is 1. The average Bonchev–Trinajstić information content (AvgIpc) is 2.54. The van der Waals surface area contributed by atoms with Gasteiger partial charge < -0.3 is 10.1 Å². The number of benzene rings is 1. The van der Waals surface area contributed by atoms with E-state index in [1.54, 1.807) is 36.4 Å². The van der Waals surface area contributed by atoms with E-state index in [-0.39, 0.29) is 5.91 Å². The predicted molar refractivity (Wildman–Crippen MR) is 91.8 cm³/mol. The molecule has 2 aromatic rings. The zero-order chi connectivity index (χ0) is 17.6. The van der Waals surface area contributed by atoms with E-state index >= 15 is 0 Å². The van der Waals surface area contributed by atoms with Crippen LogP contribution in [0.2, 0.25) is 0 Å². The zero-order valence-electron chi connectivity index (χ0n) is 13.4. The summed E-state index contributed by atoms with van der Waals surface area (Å²) in [6, 6.07) is 9.65. The van der Waals surface area contributed by atoms with Crippen LogP contribution in [0.1, 0.15) is 23.7 Å². The maximum absolute atomic E-state index is 11.8. The van der Waals surface area contributed by atoms with Crippen molar-refractivity contribution in [3.63, 3.8) is 0 Å². The molecule has 2 N–H and O–H groups in total. The number of carbonyl (C=O) groups excluding carboxylic acids is 1. The number of aromatic nitrogens is 1. The molecule has 0 aliphatic rings. The van der Waals surface area contributed by atoms with E-state index in [1.807, 2.05) is 6.92 Å². The molecule has 0 saturated carbocycles. The van der Waals surface area contributed by atoms with Gasteiger partial charge in [-0.15, -0.1) is 0 Å². The molecule has 0 bridgehead atoms. The third-order valence-electron chi connectivity index (χ3n) is 2.91. The molecule has 7 nitrogen and oxygen atoms in total. The van der Waals surface area contributed by atoms with Gasteiger partial charge in [-0.3, -0.25) is 9.52 Å². The van der Waals surface area contributed by atoms with E-state index in [2.05, 4.69) is 15.0 Å². The fourth-order valence-electron chi connectivity index (χ4n) is 1.84. The quantitative estimate of drug-likeness (QED) is 0.800. The van der Waals surface area contributed by atoms with Crippen LogP contribution in [-0.4, -0.2) is 32.1 Å². The number of amides is 1. The molecule has 24 heavy (non-hydrogen) atoms. The molecule has 0 spiro atoms. The number of pyridine rings is 1. The summed E-state index contributed by atoms with van der Waals surface area (Å²) in [5, 5.41) is 2.77. The molecule has 0 fully saturated rings. The minimum atomic E-state index is -3.31. The van der Waals surface area contributed by atoms with Gasteiger partial charge in [-0.05, 0) is 36.8 Å². The van der Waals surface area contributed by atoms with Crippen molar-refractivity contribution in [3.05, 3.63) is 48.2 Å². The van der Waals surface area contributed by atoms with Crippen LogP contribution in [0, 0.1) is 0 Å². The maximum Gasteiger partial charge on any atom is 0.252 e. The maximum atomic E-state index is 11.8. The van der Waals surface area contributed by atoms with Crippen LogP contribution in [0.25, 0.3) is 0 Å². The largest absolute Gasteiger partial charge is 0.439 e. The molecule has 8 heteroatoms. The first-order chi connectivity index (χ1) is 11.4. The molecule has 0 radical (unpaired) electrons. The standard InChI is InChI=1S/C16H19N3O4S/c1-3-10-17-16(20)12-4-9-15(18-11-12)23-14-7-5-13(6-8-14)19-24(2,21)22/h4-9,11,19H,3,10H2,1-2H3,(H,17,20). The van der Waals surface area contributed by atoms with E-state index < -0.39 is 10.0 Å². The Morgan fingerprint density at radius 1 is 1.17 bits per heavy atom. The summed E-state index contributed by atoms with van der Waals surface area (Å²) in [5.74, 6) is 0.669. The molecule has 2 rings (SSSR count). The van der Waals surface area contributed by atoms with Crippen LogP contribution in [0.3, 0.4) is 0 Å². The molecule has 128 valence electrons. The molecule has 0 aliphatic carbocycles. The lowest BCUT2D eigenvalue weighted by atomic mass is 10.2. The van der Waals surface area contributed by atoms with Crippen LogP contribution in [0.5, 0.6) is 11.6 Å². The van der Waals surface area contributed by atoms with Crippen molar-refractivity contribution < 1.29 is 17.9 Å². The van der Waals surface area contributed by atoms with Crippen molar-refractivity contribution in [3.8, 4) is 11.6 Å². The van der Waals surface area contributed by atoms with Gasteiger partial charge in [0.25, 0.3) is 5.91 Å². The van der Waals surface area contributed by atoms with Gasteiger partial charge in [-0.1, -0.05) is 6.92 Å². The summed E-state index contributed by atoms with van der Waals surface area (Å²) in [6.07, 6.45) is 3.39. The second kappa shape index (κ2) is 7.78. The molecule has 0 atom stereocenters. The fraction of sp³-hybridized carbons (Fsp3) is 0.250. The van der Waals surface area contributed by atoms with Crippen LogP contribution in [0.15, 0.2) is 42.6 Å². The van der Waals surface area contributed by atoms with Crippen LogP contribution in [0.4, 0.5) is 5.69 Å². The number of carbonyl (C=O) groups is 1. The second-order valence-corrected chi connectivity index (χ2v) is 6.89. The minimum absolute atomic E-state index is 0.174. The lowest BCUT2D eigenvalue weighted by Gasteiger charge is -2.08. The highest BCUT2D eigenvalue weighted by atomic mass is 32.2. The highest BCUT2D eigenvalue weighted by Crippen LogP contribution is 2.21. The number of nitrogens with one attached hydrogen (secondary N) is 2. The number of ether oxygens (including phenoxy) is 1. The van der Waals surface area contributed by atoms with Gasteiger partial charge in [0.05, 0.1) is 11.8 Å². The monoisotopic (exact) mass is 349 g/mol. The van der Waals surface area contributed by atoms with Gasteiger partial charge in [0.2, 0.25) is 15.9 Å². The summed E-state index contributed by atoms with van der Waals surface area (Å²) in [6.45, 7) is 2.59. The van der Waals surface area contributed by atoms with Crippen molar-refractivity contribution in [1.29, 1.82) is 0 Å². The van der Waals surface area contributed by atoms with Crippen LogP contribution >= 0.6 is 0 Å². The molecule has 0 unspecified atom stereocenters. The smallest absolute Gasteiger partial charge is 0.252 e. The van der Waals surface area contributed by atoms with Gasteiger partial charge in [0.1, 0.15) is 5.75 Å². The van der Waals surface area contributed by atoms with Gasteiger partial charge in [0, 0.05) is 24.5 Å². The van der Waals surface area contributed by atoms with Crippen molar-refractivity contribution in [2.75, 3.05) is 17.5 Å². The fourth-order valence-corrected chi connectivity index (χ4v) is 2.41. The Morgan fingerprint density at radius 3 is 2.42 bits per heavy atom. The first-order valence-electron chi connectivity index (χ1n) is 7.37. The van der Waals surface area contributed by atoms with Crippen molar-refractivity contribution in [2.24, 2.45) is 0 Å². The number of hydrogen-bond acceptors (Lipinski definition) is 5. The Balaban J connectivity index is 1.99. The number of anilines is 1. The Kier molecular flexibility index (Phi) is 5.75. The molecule has 1 heterocycles. The van der Waals surface area contributed by atoms with E-state index in [1.165, 1.54) is 6.20 Å². The third-order valence-corrected chi connectivity index (χ3v) is 3.52. The van der Waals surface area contributed by atoms with Gasteiger partial charge >= 0.3 is 0 Å². The summed E-state index contributed by atoms with van der Waals surface area (Å²) < 4.78 is 30.2. The molecule has 0 saturated heterocycles. The van der Waals surface area contributed by atoms with Gasteiger partial charge in [-0.25, -0.2) is 13.4 Å². The average molecular weight is 349 g/mol. The first-order valence-corrected chi connectivity index (χ1v) is 9.26. The van der Waals surface area contributed by atoms with E-state index in [0.29, 0.717) is 29.4 Å². The van der Waals surface area contributed by atoms with E-state index in [0.717, 1.165) is 12.7 Å². The Morgan fingerprint density at radius 2 is 1.88 bits per heavy atom. The number of nitrogens with zero attached hydrogens (tertiary/aromatic N) is 1. The molecular weight excluding hydrogens is 330 g/mol. The van der Waals surface area contributed by atoms with Crippen LogP contribution in [-0.2, 0) is 10.0 Å². The van der Waals surface area contributed by atoms with Gasteiger partial charge in [-0.2, -0.15) is 0 Å². The summed E-state index contributed by atoms with van der Waals surface area (Å²) in [7, 11) is -3.31. The SMILES string of the molecule is CCCNC(=O)c1ccc(Oc2ccc(NS(C)(=O)=O)cc2)nc1. The molecule has 1 amide bonds. The molecule has 0 aliphatic heterocycles. The lowest BCUT2D eigenvalue weighted by molar-refractivity contribution is 0.0953. The Bertz CT molecular complexity index is 787. The predicted octanol–water partition coefficient (Wildman–Crippen LogP) is 2.39. The van der Waals surface area contributed by atoms with Crippen molar-refractivity contribution in [1.82, 2.24) is 10.3 Å². The second-order valence-electron chi connectivity index (χ2n) is 5.14. The van der Waals surface area contributed by atoms with Crippen molar-refractivity contribution >= 4 is 21.6 Å². The van der Waals surface area contributed by atoms with E-state index in [9.17, 15) is 13.2 Å². The van der Waals surface area contributed by atoms with Crippen LogP contribution < -0.4 is 14.8 Å². The minimum Gasteiger partial charge on any atom is -0.439 e. The van der Waals surface area contributed by atoms with E-state index in [4.69, 9.17) is 4.74 Å². The highest BCUT2D eigenvalue weighted by Gasteiger charge is 2.06. The first kappa shape index (κ1) is 17.7. The number of rotatable bonds is 7. The Hall–Kier alpha value is -2.61. The van der Waals surface area contributed by atoms with Crippen molar-refractivity contribution in [2.45, 2.75) is 13.3 Å². The molecular formula is C16H19N3O4S. The normalized spacial score (nSPS) is 10.9. The molecule has 1 aromatic heterocycles. The Labute approximate surface area is 141 Å². The summed E-state index contributed by atoms with van der Waals surface area (Å²) in [5.41, 5.74) is 0.907. The summed E-state index contributed by atoms with van der Waals surface area (Å²) in [4.78, 5) is 15.9.